The van der Waals surface area contributed by atoms with E-state index in [2.05, 4.69) is 4.98 Å². The molecule has 0 saturated heterocycles. The highest BCUT2D eigenvalue weighted by molar-refractivity contribution is 5.67. The normalized spacial score (nSPS) is 11.9. The van der Waals surface area contributed by atoms with E-state index in [-0.39, 0.29) is 6.42 Å². The minimum Gasteiger partial charge on any atom is -0.481 e. The average Bonchev–Trinajstić information content (AvgIpc) is 2.54. The van der Waals surface area contributed by atoms with Crippen LogP contribution in [0.1, 0.15) is 36.1 Å². The quantitative estimate of drug-likeness (QED) is 0.807. The highest BCUT2D eigenvalue weighted by Crippen LogP contribution is 2.22. The number of nitrogens with zero attached hydrogens (tertiary/aromatic N) is 1. The van der Waals surface area contributed by atoms with Crippen molar-refractivity contribution in [2.24, 2.45) is 0 Å². The standard InChI is InChI=1S/C18H21NO4/c1-3-22-16(10-18(20)21)15-8-9-17(19-11-15)23-12-14-6-4-13(2)5-7-14/h4-9,11,16H,3,10,12H2,1-2H3,(H,20,21). The Labute approximate surface area is 135 Å². The molecule has 5 heteroatoms. The van der Waals surface area contributed by atoms with E-state index in [9.17, 15) is 4.79 Å². The second-order valence-electron chi connectivity index (χ2n) is 5.25. The fourth-order valence-corrected chi connectivity index (χ4v) is 2.14. The van der Waals surface area contributed by atoms with Gasteiger partial charge in [0.15, 0.2) is 0 Å². The molecule has 0 bridgehead atoms. The molecule has 1 unspecified atom stereocenters. The van der Waals surface area contributed by atoms with E-state index >= 15 is 0 Å². The minimum atomic E-state index is -0.900. The topological polar surface area (TPSA) is 68.7 Å². The number of aliphatic carboxylic acids is 1. The Hall–Kier alpha value is -2.40. The maximum absolute atomic E-state index is 10.9. The van der Waals surface area contributed by atoms with Gasteiger partial charge in [0.2, 0.25) is 5.88 Å². The lowest BCUT2D eigenvalue weighted by Crippen LogP contribution is -2.10. The van der Waals surface area contributed by atoms with E-state index in [4.69, 9.17) is 14.6 Å². The summed E-state index contributed by atoms with van der Waals surface area (Å²) in [7, 11) is 0. The average molecular weight is 315 g/mol. The van der Waals surface area contributed by atoms with Gasteiger partial charge in [0.1, 0.15) is 6.61 Å². The summed E-state index contributed by atoms with van der Waals surface area (Å²) in [5.41, 5.74) is 3.01. The predicted molar refractivity (Wildman–Crippen MR) is 86.4 cm³/mol. The van der Waals surface area contributed by atoms with Crippen LogP contribution in [0, 0.1) is 6.92 Å². The van der Waals surface area contributed by atoms with Crippen LogP contribution in [0.2, 0.25) is 0 Å². The van der Waals surface area contributed by atoms with Crippen molar-refractivity contribution in [3.05, 3.63) is 59.3 Å². The second kappa shape index (κ2) is 8.29. The third kappa shape index (κ3) is 5.38. The molecule has 1 aromatic carbocycles. The summed E-state index contributed by atoms with van der Waals surface area (Å²) < 4.78 is 11.1. The highest BCUT2D eigenvalue weighted by atomic mass is 16.5. The van der Waals surface area contributed by atoms with Crippen LogP contribution < -0.4 is 4.74 Å². The van der Waals surface area contributed by atoms with Crippen molar-refractivity contribution >= 4 is 5.97 Å². The molecule has 0 radical (unpaired) electrons. The van der Waals surface area contributed by atoms with Gasteiger partial charge >= 0.3 is 5.97 Å². The summed E-state index contributed by atoms with van der Waals surface area (Å²) in [5.74, 6) is -0.400. The molecule has 23 heavy (non-hydrogen) atoms. The largest absolute Gasteiger partial charge is 0.481 e. The number of ether oxygens (including phenoxy) is 2. The molecular weight excluding hydrogens is 294 g/mol. The van der Waals surface area contributed by atoms with E-state index in [1.807, 2.05) is 38.1 Å². The molecule has 0 aliphatic heterocycles. The van der Waals surface area contributed by atoms with E-state index in [1.165, 1.54) is 5.56 Å². The van der Waals surface area contributed by atoms with Gasteiger partial charge in [-0.25, -0.2) is 4.98 Å². The second-order valence-corrected chi connectivity index (χ2v) is 5.25. The summed E-state index contributed by atoms with van der Waals surface area (Å²) in [6.45, 7) is 4.76. The van der Waals surface area contributed by atoms with Crippen molar-refractivity contribution in [3.8, 4) is 5.88 Å². The molecule has 0 saturated carbocycles. The van der Waals surface area contributed by atoms with Crippen LogP contribution in [-0.2, 0) is 16.1 Å². The summed E-state index contributed by atoms with van der Waals surface area (Å²) in [6.07, 6.45) is 1.03. The van der Waals surface area contributed by atoms with Gasteiger partial charge in [-0.2, -0.15) is 0 Å². The van der Waals surface area contributed by atoms with Crippen molar-refractivity contribution in [2.45, 2.75) is 33.0 Å². The number of carbonyl (C=O) groups is 1. The first-order valence-corrected chi connectivity index (χ1v) is 7.56. The summed E-state index contributed by atoms with van der Waals surface area (Å²) >= 11 is 0. The van der Waals surface area contributed by atoms with Gasteiger partial charge in [0.25, 0.3) is 0 Å². The summed E-state index contributed by atoms with van der Waals surface area (Å²) in [5, 5.41) is 8.93. The smallest absolute Gasteiger partial charge is 0.306 e. The number of aryl methyl sites for hydroxylation is 1. The zero-order chi connectivity index (χ0) is 16.7. The Morgan fingerprint density at radius 2 is 1.96 bits per heavy atom. The first-order chi connectivity index (χ1) is 11.1. The van der Waals surface area contributed by atoms with Crippen molar-refractivity contribution in [2.75, 3.05) is 6.61 Å². The number of rotatable bonds is 8. The lowest BCUT2D eigenvalue weighted by molar-refractivity contribution is -0.140. The van der Waals surface area contributed by atoms with Gasteiger partial charge in [-0.3, -0.25) is 4.79 Å². The first kappa shape index (κ1) is 17.0. The van der Waals surface area contributed by atoms with E-state index < -0.39 is 12.1 Å². The Bertz CT molecular complexity index is 622. The molecule has 1 N–H and O–H groups in total. The minimum absolute atomic E-state index is 0.0842. The molecule has 1 atom stereocenters. The number of benzene rings is 1. The van der Waals surface area contributed by atoms with Gasteiger partial charge in [-0.1, -0.05) is 29.8 Å². The summed E-state index contributed by atoms with van der Waals surface area (Å²) in [6, 6.07) is 11.6. The Kier molecular flexibility index (Phi) is 6.11. The summed E-state index contributed by atoms with van der Waals surface area (Å²) in [4.78, 5) is 15.1. The Balaban J connectivity index is 1.97. The lowest BCUT2D eigenvalue weighted by atomic mass is 10.1. The molecule has 0 fully saturated rings. The van der Waals surface area contributed by atoms with Crippen LogP contribution in [0.4, 0.5) is 0 Å². The zero-order valence-corrected chi connectivity index (χ0v) is 13.4. The number of pyridine rings is 1. The number of hydrogen-bond acceptors (Lipinski definition) is 4. The first-order valence-electron chi connectivity index (χ1n) is 7.56. The maximum Gasteiger partial charge on any atom is 0.306 e. The highest BCUT2D eigenvalue weighted by Gasteiger charge is 2.16. The number of carboxylic acids is 1. The van der Waals surface area contributed by atoms with Crippen LogP contribution >= 0.6 is 0 Å². The van der Waals surface area contributed by atoms with Crippen LogP contribution in [0.5, 0.6) is 5.88 Å². The monoisotopic (exact) mass is 315 g/mol. The van der Waals surface area contributed by atoms with Crippen LogP contribution in [0.15, 0.2) is 42.6 Å². The van der Waals surface area contributed by atoms with Crippen molar-refractivity contribution < 1.29 is 19.4 Å². The molecule has 0 spiro atoms. The molecule has 0 amide bonds. The number of aromatic nitrogens is 1. The Morgan fingerprint density at radius 3 is 2.52 bits per heavy atom. The third-order valence-electron chi connectivity index (χ3n) is 3.37. The molecule has 122 valence electrons. The van der Waals surface area contributed by atoms with Crippen molar-refractivity contribution in [3.63, 3.8) is 0 Å². The maximum atomic E-state index is 10.9. The van der Waals surface area contributed by atoms with Crippen LogP contribution in [-0.4, -0.2) is 22.7 Å². The van der Waals surface area contributed by atoms with Gasteiger partial charge < -0.3 is 14.6 Å². The molecular formula is C18H21NO4. The number of hydrogen-bond donors (Lipinski definition) is 1. The van der Waals surface area contributed by atoms with Crippen molar-refractivity contribution in [1.29, 1.82) is 0 Å². The van der Waals surface area contributed by atoms with Crippen LogP contribution in [0.3, 0.4) is 0 Å². The van der Waals surface area contributed by atoms with E-state index in [0.717, 1.165) is 11.1 Å². The third-order valence-corrected chi connectivity index (χ3v) is 3.37. The van der Waals surface area contributed by atoms with Crippen molar-refractivity contribution in [1.82, 2.24) is 4.98 Å². The van der Waals surface area contributed by atoms with Gasteiger partial charge in [0, 0.05) is 18.9 Å². The lowest BCUT2D eigenvalue weighted by Gasteiger charge is -2.15. The SMILES string of the molecule is CCOC(CC(=O)O)c1ccc(OCc2ccc(C)cc2)nc1. The molecule has 2 aromatic rings. The fourth-order valence-electron chi connectivity index (χ4n) is 2.14. The van der Waals surface area contributed by atoms with Gasteiger partial charge in [-0.15, -0.1) is 0 Å². The number of carboxylic acid groups (broad SMARTS) is 1. The molecule has 1 heterocycles. The predicted octanol–water partition coefficient (Wildman–Crippen LogP) is 3.52. The fraction of sp³-hybridized carbons (Fsp3) is 0.333. The van der Waals surface area contributed by atoms with E-state index in [0.29, 0.717) is 19.1 Å². The van der Waals surface area contributed by atoms with Crippen LogP contribution in [0.25, 0.3) is 0 Å². The molecule has 0 aliphatic rings. The van der Waals surface area contributed by atoms with Gasteiger partial charge in [0.05, 0.1) is 12.5 Å². The zero-order valence-electron chi connectivity index (χ0n) is 13.4. The molecule has 1 aromatic heterocycles. The Morgan fingerprint density at radius 1 is 1.22 bits per heavy atom. The molecule has 0 aliphatic carbocycles. The molecule has 5 nitrogen and oxygen atoms in total. The van der Waals surface area contributed by atoms with E-state index in [1.54, 1.807) is 18.3 Å². The van der Waals surface area contributed by atoms with Gasteiger partial charge in [-0.05, 0) is 31.0 Å². The molecule has 2 rings (SSSR count).